The first-order valence-electron chi connectivity index (χ1n) is 8.09. The number of guanidine groups is 1. The van der Waals surface area contributed by atoms with Gasteiger partial charge in [-0.15, -0.1) is 24.0 Å². The largest absolute Gasteiger partial charge is 0.368 e. The number of aryl methyl sites for hydroxylation is 1. The van der Waals surface area contributed by atoms with Gasteiger partial charge in [-0.3, -0.25) is 4.99 Å². The average Bonchev–Trinajstić information content (AvgIpc) is 3.01. The molecular formula is C17H24ClIN6. The van der Waals surface area contributed by atoms with Crippen molar-refractivity contribution >= 4 is 47.2 Å². The van der Waals surface area contributed by atoms with Crippen molar-refractivity contribution in [3.63, 3.8) is 0 Å². The number of hydrogen-bond acceptors (Lipinski definition) is 3. The number of hydrogen-bond donors (Lipinski definition) is 1. The van der Waals surface area contributed by atoms with Crippen molar-refractivity contribution in [2.75, 3.05) is 38.1 Å². The summed E-state index contributed by atoms with van der Waals surface area (Å²) < 4.78 is 2.01. The first-order valence-corrected chi connectivity index (χ1v) is 8.47. The van der Waals surface area contributed by atoms with Crippen LogP contribution in [0.1, 0.15) is 5.82 Å². The zero-order chi connectivity index (χ0) is 16.9. The van der Waals surface area contributed by atoms with Gasteiger partial charge in [-0.1, -0.05) is 17.7 Å². The number of benzene rings is 1. The molecule has 1 aliphatic rings. The molecule has 0 bridgehead atoms. The maximum Gasteiger partial charge on any atom is 0.194 e. The number of anilines is 1. The smallest absolute Gasteiger partial charge is 0.194 e. The van der Waals surface area contributed by atoms with Gasteiger partial charge in [0.05, 0.1) is 6.54 Å². The van der Waals surface area contributed by atoms with E-state index in [4.69, 9.17) is 11.6 Å². The fourth-order valence-corrected chi connectivity index (χ4v) is 3.09. The maximum absolute atomic E-state index is 6.09. The van der Waals surface area contributed by atoms with Crippen LogP contribution in [0.4, 0.5) is 5.69 Å². The zero-order valence-electron chi connectivity index (χ0n) is 14.5. The highest BCUT2D eigenvalue weighted by Gasteiger charge is 2.20. The van der Waals surface area contributed by atoms with E-state index in [-0.39, 0.29) is 24.0 Å². The van der Waals surface area contributed by atoms with Gasteiger partial charge >= 0.3 is 0 Å². The number of nitrogens with zero attached hydrogens (tertiary/aromatic N) is 5. The Labute approximate surface area is 170 Å². The van der Waals surface area contributed by atoms with Crippen molar-refractivity contribution in [3.8, 4) is 0 Å². The Balaban J connectivity index is 0.00000225. The minimum atomic E-state index is 0. The summed E-state index contributed by atoms with van der Waals surface area (Å²) in [6.07, 6.45) is 3.76. The van der Waals surface area contributed by atoms with Gasteiger partial charge in [0.1, 0.15) is 5.82 Å². The molecule has 0 spiro atoms. The van der Waals surface area contributed by atoms with Crippen molar-refractivity contribution in [2.24, 2.45) is 12.0 Å². The molecule has 8 heteroatoms. The quantitative estimate of drug-likeness (QED) is 0.422. The molecule has 1 fully saturated rings. The van der Waals surface area contributed by atoms with Crippen molar-refractivity contribution in [1.29, 1.82) is 0 Å². The van der Waals surface area contributed by atoms with E-state index in [2.05, 4.69) is 31.2 Å². The third kappa shape index (κ3) is 5.01. The minimum absolute atomic E-state index is 0. The van der Waals surface area contributed by atoms with E-state index in [0.717, 1.165) is 43.0 Å². The van der Waals surface area contributed by atoms with Crippen LogP contribution in [0.3, 0.4) is 0 Å². The van der Waals surface area contributed by atoms with Crippen molar-refractivity contribution in [2.45, 2.75) is 6.54 Å². The second kappa shape index (κ2) is 9.28. The molecule has 1 saturated heterocycles. The van der Waals surface area contributed by atoms with Crippen LogP contribution in [0.2, 0.25) is 5.02 Å². The lowest BCUT2D eigenvalue weighted by Gasteiger charge is -2.37. The van der Waals surface area contributed by atoms with Crippen LogP contribution in [0.5, 0.6) is 0 Å². The van der Waals surface area contributed by atoms with E-state index in [0.29, 0.717) is 6.54 Å². The second-order valence-electron chi connectivity index (χ2n) is 5.81. The molecule has 0 saturated carbocycles. The summed E-state index contributed by atoms with van der Waals surface area (Å²) >= 11 is 6.09. The first-order chi connectivity index (χ1) is 11.7. The number of aromatic nitrogens is 2. The van der Waals surface area contributed by atoms with Crippen molar-refractivity contribution < 1.29 is 0 Å². The number of rotatable bonds is 3. The molecule has 2 heterocycles. The lowest BCUT2D eigenvalue weighted by atomic mass is 10.2. The Kier molecular flexibility index (Phi) is 7.37. The lowest BCUT2D eigenvalue weighted by Crippen LogP contribution is -2.52. The normalized spacial score (nSPS) is 15.1. The van der Waals surface area contributed by atoms with Crippen LogP contribution in [0, 0.1) is 0 Å². The molecule has 1 N–H and O–H groups in total. The third-order valence-corrected chi connectivity index (χ3v) is 4.53. The Hall–Kier alpha value is -1.48. The Morgan fingerprint density at radius 2 is 2.04 bits per heavy atom. The Bertz CT molecular complexity index is 709. The molecule has 0 amide bonds. The van der Waals surface area contributed by atoms with E-state index in [1.54, 1.807) is 0 Å². The van der Waals surface area contributed by atoms with Crippen LogP contribution >= 0.6 is 35.6 Å². The predicted octanol–water partition coefficient (Wildman–Crippen LogP) is 2.59. The maximum atomic E-state index is 6.09. The van der Waals surface area contributed by atoms with Gasteiger partial charge in [0, 0.05) is 63.4 Å². The third-order valence-electron chi connectivity index (χ3n) is 4.29. The highest BCUT2D eigenvalue weighted by Crippen LogP contribution is 2.20. The molecule has 2 aromatic rings. The van der Waals surface area contributed by atoms with Crippen LogP contribution in [0.15, 0.2) is 41.7 Å². The van der Waals surface area contributed by atoms with Crippen LogP contribution in [0.25, 0.3) is 0 Å². The van der Waals surface area contributed by atoms with E-state index < -0.39 is 0 Å². The summed E-state index contributed by atoms with van der Waals surface area (Å²) in [5, 5.41) is 4.18. The fraction of sp³-hybridized carbons (Fsp3) is 0.412. The topological polar surface area (TPSA) is 48.7 Å². The molecule has 25 heavy (non-hydrogen) atoms. The fourth-order valence-electron chi connectivity index (χ4n) is 2.91. The highest BCUT2D eigenvalue weighted by molar-refractivity contribution is 14.0. The number of piperazine rings is 1. The summed E-state index contributed by atoms with van der Waals surface area (Å²) in [7, 11) is 3.82. The molecular weight excluding hydrogens is 451 g/mol. The van der Waals surface area contributed by atoms with Crippen molar-refractivity contribution in [1.82, 2.24) is 19.8 Å². The van der Waals surface area contributed by atoms with Crippen LogP contribution < -0.4 is 10.2 Å². The second-order valence-corrected chi connectivity index (χ2v) is 6.25. The molecule has 0 unspecified atom stereocenters. The standard InChI is InChI=1S/C17H23ClN6.HI/c1-19-17(21-13-16-20-6-7-22(16)2)24-10-8-23(9-11-24)15-5-3-4-14(18)12-15;/h3-7,12H,8-11,13H2,1-2H3,(H,19,21);1H. The van der Waals surface area contributed by atoms with E-state index in [1.807, 2.05) is 49.3 Å². The molecule has 0 radical (unpaired) electrons. The van der Waals surface area contributed by atoms with E-state index >= 15 is 0 Å². The summed E-state index contributed by atoms with van der Waals surface area (Å²) in [6, 6.07) is 8.03. The summed E-state index contributed by atoms with van der Waals surface area (Å²) in [5.41, 5.74) is 1.18. The van der Waals surface area contributed by atoms with Gasteiger partial charge in [0.15, 0.2) is 5.96 Å². The number of imidazole rings is 1. The summed E-state index contributed by atoms with van der Waals surface area (Å²) in [4.78, 5) is 13.4. The molecule has 3 rings (SSSR count). The van der Waals surface area contributed by atoms with Gasteiger partial charge < -0.3 is 19.7 Å². The van der Waals surface area contributed by atoms with Gasteiger partial charge in [-0.2, -0.15) is 0 Å². The number of aliphatic imine (C=N–C) groups is 1. The summed E-state index contributed by atoms with van der Waals surface area (Å²) in [5.74, 6) is 1.91. The van der Waals surface area contributed by atoms with Crippen molar-refractivity contribution in [3.05, 3.63) is 47.5 Å². The zero-order valence-corrected chi connectivity index (χ0v) is 17.6. The van der Waals surface area contributed by atoms with Gasteiger partial charge in [-0.05, 0) is 18.2 Å². The lowest BCUT2D eigenvalue weighted by molar-refractivity contribution is 0.372. The van der Waals surface area contributed by atoms with Gasteiger partial charge in [0.2, 0.25) is 0 Å². The number of halogens is 2. The average molecular weight is 475 g/mol. The Morgan fingerprint density at radius 3 is 2.64 bits per heavy atom. The Morgan fingerprint density at radius 1 is 1.28 bits per heavy atom. The monoisotopic (exact) mass is 474 g/mol. The molecule has 1 aliphatic heterocycles. The van der Waals surface area contributed by atoms with E-state index in [1.165, 1.54) is 5.69 Å². The highest BCUT2D eigenvalue weighted by atomic mass is 127. The van der Waals surface area contributed by atoms with Gasteiger partial charge in [0.25, 0.3) is 0 Å². The summed E-state index contributed by atoms with van der Waals surface area (Å²) in [6.45, 7) is 4.41. The predicted molar refractivity (Wildman–Crippen MR) is 114 cm³/mol. The molecule has 1 aromatic carbocycles. The molecule has 6 nitrogen and oxygen atoms in total. The minimum Gasteiger partial charge on any atom is -0.368 e. The molecule has 136 valence electrons. The van der Waals surface area contributed by atoms with Gasteiger partial charge in [-0.25, -0.2) is 4.98 Å². The van der Waals surface area contributed by atoms with Crippen LogP contribution in [-0.4, -0.2) is 53.6 Å². The first kappa shape index (κ1) is 19.8. The number of nitrogens with one attached hydrogen (secondary N) is 1. The molecule has 0 atom stereocenters. The van der Waals surface area contributed by atoms with Crippen LogP contribution in [-0.2, 0) is 13.6 Å². The molecule has 0 aliphatic carbocycles. The molecule has 1 aromatic heterocycles. The van der Waals surface area contributed by atoms with E-state index in [9.17, 15) is 0 Å². The SMILES string of the molecule is CN=C(NCc1nccn1C)N1CCN(c2cccc(Cl)c2)CC1.I.